The maximum Gasteiger partial charge on any atom is 0.120 e. The summed E-state index contributed by atoms with van der Waals surface area (Å²) >= 11 is 0. The number of piperidine rings is 1. The van der Waals surface area contributed by atoms with Gasteiger partial charge in [0.2, 0.25) is 0 Å². The molecule has 1 heterocycles. The molecule has 1 aromatic rings. The lowest BCUT2D eigenvalue weighted by atomic mass is 10.1. The van der Waals surface area contributed by atoms with E-state index in [4.69, 9.17) is 15.7 Å². The molecule has 0 spiro atoms. The minimum Gasteiger partial charge on any atom is -0.490 e. The molecule has 0 aromatic heterocycles. The first-order valence-corrected chi connectivity index (χ1v) is 6.29. The van der Waals surface area contributed by atoms with Gasteiger partial charge in [0.05, 0.1) is 12.5 Å². The predicted molar refractivity (Wildman–Crippen MR) is 71.3 cm³/mol. The van der Waals surface area contributed by atoms with Crippen molar-refractivity contribution in [1.82, 2.24) is 4.90 Å². The van der Waals surface area contributed by atoms with E-state index in [-0.39, 0.29) is 6.10 Å². The molecule has 4 heteroatoms. The molecule has 0 atom stereocenters. The molecular formula is C14H19N3O. The second-order valence-electron chi connectivity index (χ2n) is 4.82. The Balaban J connectivity index is 2.01. The van der Waals surface area contributed by atoms with Gasteiger partial charge in [-0.05, 0) is 43.7 Å². The van der Waals surface area contributed by atoms with Crippen molar-refractivity contribution in [3.05, 3.63) is 23.8 Å². The third-order valence-electron chi connectivity index (χ3n) is 3.35. The molecule has 2 rings (SSSR count). The Hall–Kier alpha value is -1.73. The lowest BCUT2D eigenvalue weighted by Gasteiger charge is -2.29. The van der Waals surface area contributed by atoms with Crippen LogP contribution >= 0.6 is 0 Å². The highest BCUT2D eigenvalue weighted by atomic mass is 16.5. The van der Waals surface area contributed by atoms with Gasteiger partial charge in [0.1, 0.15) is 11.9 Å². The number of nitrogens with two attached hydrogens (primary N) is 1. The van der Waals surface area contributed by atoms with Crippen molar-refractivity contribution in [1.29, 1.82) is 5.26 Å². The normalized spacial score (nSPS) is 17.3. The number of nitrogens with zero attached hydrogens (tertiary/aromatic N) is 2. The van der Waals surface area contributed by atoms with Crippen LogP contribution in [0, 0.1) is 11.3 Å². The summed E-state index contributed by atoms with van der Waals surface area (Å²) in [6, 6.07) is 7.70. The van der Waals surface area contributed by atoms with Crippen molar-refractivity contribution in [3.8, 4) is 11.8 Å². The zero-order valence-corrected chi connectivity index (χ0v) is 10.7. The van der Waals surface area contributed by atoms with Crippen LogP contribution in [0.25, 0.3) is 0 Å². The highest BCUT2D eigenvalue weighted by Gasteiger charge is 2.18. The molecule has 96 valence electrons. The molecular weight excluding hydrogens is 226 g/mol. The average Bonchev–Trinajstić information content (AvgIpc) is 2.37. The summed E-state index contributed by atoms with van der Waals surface area (Å²) in [5.74, 6) is 0.823. The first-order chi connectivity index (χ1) is 8.69. The molecule has 1 aliphatic heterocycles. The smallest absolute Gasteiger partial charge is 0.120 e. The fraction of sp³-hybridized carbons (Fsp3) is 0.500. The summed E-state index contributed by atoms with van der Waals surface area (Å²) in [5.41, 5.74) is 7.32. The van der Waals surface area contributed by atoms with Gasteiger partial charge in [-0.25, -0.2) is 0 Å². The second kappa shape index (κ2) is 5.74. The third kappa shape index (κ3) is 3.14. The maximum atomic E-state index is 8.73. The number of nitrogen functional groups attached to an aromatic ring is 1. The van der Waals surface area contributed by atoms with Crippen molar-refractivity contribution in [3.63, 3.8) is 0 Å². The summed E-state index contributed by atoms with van der Waals surface area (Å²) < 4.78 is 5.95. The van der Waals surface area contributed by atoms with E-state index in [0.29, 0.717) is 12.1 Å². The first kappa shape index (κ1) is 12.7. The largest absolute Gasteiger partial charge is 0.490 e. The quantitative estimate of drug-likeness (QED) is 0.825. The van der Waals surface area contributed by atoms with Gasteiger partial charge in [-0.15, -0.1) is 0 Å². The maximum absolute atomic E-state index is 8.73. The van der Waals surface area contributed by atoms with E-state index in [1.165, 1.54) is 0 Å². The van der Waals surface area contributed by atoms with Crippen molar-refractivity contribution >= 4 is 5.69 Å². The van der Waals surface area contributed by atoms with Gasteiger partial charge < -0.3 is 15.4 Å². The van der Waals surface area contributed by atoms with E-state index in [9.17, 15) is 0 Å². The van der Waals surface area contributed by atoms with Crippen LogP contribution in [0.4, 0.5) is 5.69 Å². The molecule has 0 aliphatic carbocycles. The number of rotatable bonds is 3. The predicted octanol–water partition coefficient (Wildman–Crippen LogP) is 1.81. The average molecular weight is 245 g/mol. The van der Waals surface area contributed by atoms with Gasteiger partial charge in [0.15, 0.2) is 0 Å². The van der Waals surface area contributed by atoms with Crippen molar-refractivity contribution in [2.24, 2.45) is 0 Å². The highest BCUT2D eigenvalue weighted by Crippen LogP contribution is 2.23. The Morgan fingerprint density at radius 3 is 2.83 bits per heavy atom. The molecule has 0 bridgehead atoms. The first-order valence-electron chi connectivity index (χ1n) is 6.29. The molecule has 1 aliphatic rings. The molecule has 1 aromatic carbocycles. The summed E-state index contributed by atoms with van der Waals surface area (Å²) in [7, 11) is 2.13. The molecule has 18 heavy (non-hydrogen) atoms. The summed E-state index contributed by atoms with van der Waals surface area (Å²) in [6.45, 7) is 2.15. The van der Waals surface area contributed by atoms with E-state index in [2.05, 4.69) is 18.0 Å². The molecule has 4 nitrogen and oxygen atoms in total. The summed E-state index contributed by atoms with van der Waals surface area (Å²) in [4.78, 5) is 2.31. The van der Waals surface area contributed by atoms with Crippen LogP contribution in [0.1, 0.15) is 18.4 Å². The molecule has 0 unspecified atom stereocenters. The van der Waals surface area contributed by atoms with Crippen LogP contribution in [0.3, 0.4) is 0 Å². The molecule has 1 fully saturated rings. The minimum absolute atomic E-state index is 0.278. The summed E-state index contributed by atoms with van der Waals surface area (Å²) in [5, 5.41) is 8.73. The number of nitriles is 1. The van der Waals surface area contributed by atoms with Gasteiger partial charge in [0, 0.05) is 18.8 Å². The Morgan fingerprint density at radius 1 is 1.44 bits per heavy atom. The van der Waals surface area contributed by atoms with Crippen LogP contribution < -0.4 is 10.5 Å². The van der Waals surface area contributed by atoms with Crippen LogP contribution in [-0.4, -0.2) is 31.1 Å². The zero-order chi connectivity index (χ0) is 13.0. The van der Waals surface area contributed by atoms with Crippen molar-refractivity contribution in [2.75, 3.05) is 25.9 Å². The van der Waals surface area contributed by atoms with Crippen molar-refractivity contribution < 1.29 is 4.74 Å². The van der Waals surface area contributed by atoms with Gasteiger partial charge >= 0.3 is 0 Å². The van der Waals surface area contributed by atoms with E-state index >= 15 is 0 Å². The Labute approximate surface area is 108 Å². The van der Waals surface area contributed by atoms with Crippen LogP contribution in [0.5, 0.6) is 5.75 Å². The van der Waals surface area contributed by atoms with E-state index < -0.39 is 0 Å². The Kier molecular flexibility index (Phi) is 4.06. The molecule has 0 radical (unpaired) electrons. The number of ether oxygens (including phenoxy) is 1. The number of benzene rings is 1. The van der Waals surface area contributed by atoms with E-state index in [1.54, 1.807) is 0 Å². The standard InChI is InChI=1S/C14H19N3O/c1-17-8-5-12(6-9-17)18-13-2-3-14(16)11(10-13)4-7-15/h2-3,10,12H,4-6,8-9,16H2,1H3. The number of hydrogen-bond donors (Lipinski definition) is 1. The molecule has 0 saturated carbocycles. The number of likely N-dealkylation sites (tertiary alicyclic amines) is 1. The second-order valence-corrected chi connectivity index (χ2v) is 4.82. The Morgan fingerprint density at radius 2 is 2.17 bits per heavy atom. The van der Waals surface area contributed by atoms with Crippen LogP contribution in [0.2, 0.25) is 0 Å². The molecule has 0 amide bonds. The van der Waals surface area contributed by atoms with E-state index in [0.717, 1.165) is 37.2 Å². The van der Waals surface area contributed by atoms with Crippen molar-refractivity contribution in [2.45, 2.75) is 25.4 Å². The van der Waals surface area contributed by atoms with Gasteiger partial charge in [-0.1, -0.05) is 0 Å². The number of hydrogen-bond acceptors (Lipinski definition) is 4. The fourth-order valence-corrected chi connectivity index (χ4v) is 2.19. The van der Waals surface area contributed by atoms with Gasteiger partial charge in [-0.3, -0.25) is 0 Å². The van der Waals surface area contributed by atoms with Crippen LogP contribution in [0.15, 0.2) is 18.2 Å². The Bertz CT molecular complexity index is 445. The highest BCUT2D eigenvalue weighted by molar-refractivity contribution is 5.51. The number of anilines is 1. The van der Waals surface area contributed by atoms with E-state index in [1.807, 2.05) is 18.2 Å². The third-order valence-corrected chi connectivity index (χ3v) is 3.35. The topological polar surface area (TPSA) is 62.3 Å². The minimum atomic E-state index is 0.278. The molecule has 2 N–H and O–H groups in total. The van der Waals surface area contributed by atoms with Gasteiger partial charge in [-0.2, -0.15) is 5.26 Å². The lowest BCUT2D eigenvalue weighted by Crippen LogP contribution is -2.35. The fourth-order valence-electron chi connectivity index (χ4n) is 2.19. The summed E-state index contributed by atoms with van der Waals surface area (Å²) in [6.07, 6.45) is 2.71. The SMILES string of the molecule is CN1CCC(Oc2ccc(N)c(CC#N)c2)CC1. The lowest BCUT2D eigenvalue weighted by molar-refractivity contribution is 0.114. The molecule has 1 saturated heterocycles. The van der Waals surface area contributed by atoms with Gasteiger partial charge in [0.25, 0.3) is 0 Å². The monoisotopic (exact) mass is 245 g/mol. The van der Waals surface area contributed by atoms with Crippen LogP contribution in [-0.2, 0) is 6.42 Å². The zero-order valence-electron chi connectivity index (χ0n) is 10.7.